The Morgan fingerprint density at radius 3 is 2.71 bits per heavy atom. The van der Waals surface area contributed by atoms with Crippen LogP contribution >= 0.6 is 0 Å². The highest BCUT2D eigenvalue weighted by Gasteiger charge is 2.19. The number of pyridine rings is 1. The van der Waals surface area contributed by atoms with Crippen molar-refractivity contribution in [2.24, 2.45) is 0 Å². The molecule has 1 saturated carbocycles. The van der Waals surface area contributed by atoms with Gasteiger partial charge in [-0.1, -0.05) is 25.3 Å². The van der Waals surface area contributed by atoms with Gasteiger partial charge in [-0.15, -0.1) is 0 Å². The first-order valence-corrected chi connectivity index (χ1v) is 8.41. The maximum atomic E-state index is 14.1. The molecule has 0 spiro atoms. The number of benzene rings is 1. The van der Waals surface area contributed by atoms with Crippen molar-refractivity contribution in [1.29, 1.82) is 0 Å². The fraction of sp³-hybridized carbons (Fsp3) is 0.368. The van der Waals surface area contributed by atoms with Crippen molar-refractivity contribution in [3.63, 3.8) is 0 Å². The molecule has 3 rings (SSSR count). The maximum absolute atomic E-state index is 14.1. The Labute approximate surface area is 141 Å². The fourth-order valence-corrected chi connectivity index (χ4v) is 3.07. The SMILES string of the molecule is Cc1ccc(Nc2cnccc2C(=O)NC2CCCCC2)c(F)c1. The number of carbonyl (C=O) groups is 1. The summed E-state index contributed by atoms with van der Waals surface area (Å²) < 4.78 is 14.1. The van der Waals surface area contributed by atoms with E-state index in [1.165, 1.54) is 12.5 Å². The summed E-state index contributed by atoms with van der Waals surface area (Å²) in [4.78, 5) is 16.6. The molecule has 2 N–H and O–H groups in total. The van der Waals surface area contributed by atoms with E-state index in [0.717, 1.165) is 31.2 Å². The Kier molecular flexibility index (Phi) is 5.08. The Morgan fingerprint density at radius 1 is 1.17 bits per heavy atom. The number of hydrogen-bond acceptors (Lipinski definition) is 3. The van der Waals surface area contributed by atoms with Gasteiger partial charge in [-0.25, -0.2) is 4.39 Å². The van der Waals surface area contributed by atoms with Crippen LogP contribution in [-0.4, -0.2) is 16.9 Å². The van der Waals surface area contributed by atoms with E-state index in [1.54, 1.807) is 24.5 Å². The van der Waals surface area contributed by atoms with Crippen molar-refractivity contribution in [2.45, 2.75) is 45.1 Å². The van der Waals surface area contributed by atoms with E-state index in [4.69, 9.17) is 0 Å². The topological polar surface area (TPSA) is 54.0 Å². The molecule has 0 atom stereocenters. The van der Waals surface area contributed by atoms with Crippen molar-refractivity contribution in [3.05, 3.63) is 53.6 Å². The second kappa shape index (κ2) is 7.43. The molecule has 2 aromatic rings. The van der Waals surface area contributed by atoms with Crippen LogP contribution in [0.1, 0.15) is 48.0 Å². The minimum Gasteiger partial charge on any atom is -0.351 e. The zero-order valence-electron chi connectivity index (χ0n) is 13.8. The summed E-state index contributed by atoms with van der Waals surface area (Å²) in [7, 11) is 0. The molecular formula is C19H22FN3O. The Morgan fingerprint density at radius 2 is 1.96 bits per heavy atom. The van der Waals surface area contributed by atoms with Gasteiger partial charge >= 0.3 is 0 Å². The molecule has 0 radical (unpaired) electrons. The number of aryl methyl sites for hydroxylation is 1. The summed E-state index contributed by atoms with van der Waals surface area (Å²) in [5.41, 5.74) is 2.17. The van der Waals surface area contributed by atoms with Crippen LogP contribution in [0, 0.1) is 12.7 Å². The summed E-state index contributed by atoms with van der Waals surface area (Å²) in [5, 5.41) is 6.07. The highest BCUT2D eigenvalue weighted by Crippen LogP contribution is 2.24. The Bertz CT molecular complexity index is 726. The lowest BCUT2D eigenvalue weighted by atomic mass is 9.95. The predicted octanol–water partition coefficient (Wildman–Crippen LogP) is 4.34. The van der Waals surface area contributed by atoms with Crippen LogP contribution in [0.5, 0.6) is 0 Å². The van der Waals surface area contributed by atoms with Crippen molar-refractivity contribution < 1.29 is 9.18 Å². The number of carbonyl (C=O) groups excluding carboxylic acids is 1. The lowest BCUT2D eigenvalue weighted by Crippen LogP contribution is -2.36. The normalized spacial score (nSPS) is 15.1. The van der Waals surface area contributed by atoms with Gasteiger partial charge in [0.15, 0.2) is 0 Å². The van der Waals surface area contributed by atoms with Crippen LogP contribution in [0.4, 0.5) is 15.8 Å². The summed E-state index contributed by atoms with van der Waals surface area (Å²) in [6, 6.07) is 6.83. The van der Waals surface area contributed by atoms with E-state index < -0.39 is 0 Å². The van der Waals surface area contributed by atoms with Gasteiger partial charge in [0.2, 0.25) is 0 Å². The van der Waals surface area contributed by atoms with Gasteiger partial charge in [0.25, 0.3) is 5.91 Å². The lowest BCUT2D eigenvalue weighted by molar-refractivity contribution is 0.0928. The molecule has 1 aromatic heterocycles. The van der Waals surface area contributed by atoms with Crippen molar-refractivity contribution >= 4 is 17.3 Å². The molecule has 1 heterocycles. The van der Waals surface area contributed by atoms with Crippen LogP contribution in [0.25, 0.3) is 0 Å². The molecular weight excluding hydrogens is 305 g/mol. The molecule has 1 aliphatic rings. The zero-order chi connectivity index (χ0) is 16.9. The van der Waals surface area contributed by atoms with E-state index >= 15 is 0 Å². The summed E-state index contributed by atoms with van der Waals surface area (Å²) in [6.45, 7) is 1.83. The van der Waals surface area contributed by atoms with Gasteiger partial charge in [-0.3, -0.25) is 9.78 Å². The molecule has 0 unspecified atom stereocenters. The summed E-state index contributed by atoms with van der Waals surface area (Å²) in [6.07, 6.45) is 8.71. The second-order valence-corrected chi connectivity index (χ2v) is 6.34. The van der Waals surface area contributed by atoms with Gasteiger partial charge in [0, 0.05) is 12.2 Å². The molecule has 0 bridgehead atoms. The monoisotopic (exact) mass is 327 g/mol. The number of halogens is 1. The van der Waals surface area contributed by atoms with Crippen molar-refractivity contribution in [1.82, 2.24) is 10.3 Å². The smallest absolute Gasteiger partial charge is 0.253 e. The van der Waals surface area contributed by atoms with Gasteiger partial charge in [0.05, 0.1) is 23.1 Å². The molecule has 5 heteroatoms. The average Bonchev–Trinajstić information content (AvgIpc) is 2.59. The fourth-order valence-electron chi connectivity index (χ4n) is 3.07. The van der Waals surface area contributed by atoms with E-state index in [0.29, 0.717) is 16.9 Å². The first-order chi connectivity index (χ1) is 11.6. The summed E-state index contributed by atoms with van der Waals surface area (Å²) >= 11 is 0. The predicted molar refractivity (Wildman–Crippen MR) is 93.0 cm³/mol. The second-order valence-electron chi connectivity index (χ2n) is 6.34. The number of rotatable bonds is 4. The zero-order valence-corrected chi connectivity index (χ0v) is 13.8. The average molecular weight is 327 g/mol. The first kappa shape index (κ1) is 16.4. The molecule has 0 saturated heterocycles. The third-order valence-corrected chi connectivity index (χ3v) is 4.40. The van der Waals surface area contributed by atoms with Crippen molar-refractivity contribution in [3.8, 4) is 0 Å². The maximum Gasteiger partial charge on any atom is 0.253 e. The number of nitrogens with one attached hydrogen (secondary N) is 2. The molecule has 1 amide bonds. The standard InChI is InChI=1S/C19H22FN3O/c1-13-7-8-17(16(20)11-13)23-18-12-21-10-9-15(18)19(24)22-14-5-3-2-4-6-14/h7-12,14,23H,2-6H2,1H3,(H,22,24). The highest BCUT2D eigenvalue weighted by molar-refractivity contribution is 6.00. The van der Waals surface area contributed by atoms with E-state index in [1.807, 2.05) is 13.0 Å². The third-order valence-electron chi connectivity index (χ3n) is 4.40. The van der Waals surface area contributed by atoms with Crippen LogP contribution in [0.2, 0.25) is 0 Å². The lowest BCUT2D eigenvalue weighted by Gasteiger charge is -2.23. The molecule has 1 aliphatic carbocycles. The molecule has 4 nitrogen and oxygen atoms in total. The molecule has 24 heavy (non-hydrogen) atoms. The van der Waals surface area contributed by atoms with Crippen molar-refractivity contribution in [2.75, 3.05) is 5.32 Å². The van der Waals surface area contributed by atoms with Crippen LogP contribution < -0.4 is 10.6 Å². The van der Waals surface area contributed by atoms with Crippen LogP contribution in [0.3, 0.4) is 0 Å². The van der Waals surface area contributed by atoms with E-state index in [2.05, 4.69) is 15.6 Å². The van der Waals surface area contributed by atoms with Crippen LogP contribution in [-0.2, 0) is 0 Å². The Balaban J connectivity index is 1.78. The number of anilines is 2. The number of hydrogen-bond donors (Lipinski definition) is 2. The summed E-state index contributed by atoms with van der Waals surface area (Å²) in [5.74, 6) is -0.489. The van der Waals surface area contributed by atoms with Gasteiger partial charge in [-0.2, -0.15) is 0 Å². The van der Waals surface area contributed by atoms with Gasteiger partial charge in [-0.05, 0) is 43.5 Å². The van der Waals surface area contributed by atoms with Crippen LogP contribution in [0.15, 0.2) is 36.7 Å². The minimum atomic E-state index is -0.350. The van der Waals surface area contributed by atoms with Gasteiger partial charge < -0.3 is 10.6 Å². The number of amides is 1. The Hall–Kier alpha value is -2.43. The first-order valence-electron chi connectivity index (χ1n) is 8.41. The number of aromatic nitrogens is 1. The molecule has 0 aliphatic heterocycles. The third kappa shape index (κ3) is 3.91. The van der Waals surface area contributed by atoms with Gasteiger partial charge in [0.1, 0.15) is 5.82 Å². The quantitative estimate of drug-likeness (QED) is 0.878. The van der Waals surface area contributed by atoms with E-state index in [9.17, 15) is 9.18 Å². The minimum absolute atomic E-state index is 0.140. The largest absolute Gasteiger partial charge is 0.351 e. The molecule has 126 valence electrons. The molecule has 1 aromatic carbocycles. The van der Waals surface area contributed by atoms with E-state index in [-0.39, 0.29) is 17.8 Å². The highest BCUT2D eigenvalue weighted by atomic mass is 19.1. The molecule has 1 fully saturated rings. The number of nitrogens with zero attached hydrogens (tertiary/aromatic N) is 1.